The molecule has 2 rings (SSSR count). The van der Waals surface area contributed by atoms with Crippen molar-refractivity contribution in [2.45, 2.75) is 31.9 Å². The molecule has 0 radical (unpaired) electrons. The Morgan fingerprint density at radius 3 is 2.86 bits per heavy atom. The molecule has 1 fully saturated rings. The minimum Gasteiger partial charge on any atom is -0.467 e. The van der Waals surface area contributed by atoms with Crippen molar-refractivity contribution in [2.24, 2.45) is 0 Å². The van der Waals surface area contributed by atoms with Crippen LogP contribution in [0.2, 0.25) is 0 Å². The molecular formula is C15H23NO5. The van der Waals surface area contributed by atoms with Crippen molar-refractivity contribution >= 4 is 5.97 Å². The van der Waals surface area contributed by atoms with Crippen LogP contribution in [0.1, 0.15) is 35.9 Å². The Morgan fingerprint density at radius 2 is 2.19 bits per heavy atom. The zero-order valence-corrected chi connectivity index (χ0v) is 12.6. The van der Waals surface area contributed by atoms with E-state index in [4.69, 9.17) is 13.9 Å². The number of likely N-dealkylation sites (N-methyl/N-ethyl adjacent to an activating group) is 1. The minimum absolute atomic E-state index is 0.332. The lowest BCUT2D eigenvalue weighted by molar-refractivity contribution is -0.0782. The second-order valence-corrected chi connectivity index (χ2v) is 5.49. The highest BCUT2D eigenvalue weighted by Gasteiger charge is 2.31. The molecule has 6 heteroatoms. The van der Waals surface area contributed by atoms with Gasteiger partial charge in [-0.25, -0.2) is 4.79 Å². The van der Waals surface area contributed by atoms with Gasteiger partial charge in [0.15, 0.2) is 0 Å². The molecule has 1 aliphatic heterocycles. The number of hydrogen-bond donors (Lipinski definition) is 1. The van der Waals surface area contributed by atoms with E-state index in [9.17, 15) is 9.90 Å². The first-order valence-electron chi connectivity index (χ1n) is 7.26. The van der Waals surface area contributed by atoms with Gasteiger partial charge in [-0.15, -0.1) is 0 Å². The average Bonchev–Trinajstić information content (AvgIpc) is 2.87. The summed E-state index contributed by atoms with van der Waals surface area (Å²) in [5.74, 6) is 0.186. The van der Waals surface area contributed by atoms with E-state index < -0.39 is 5.60 Å². The number of furan rings is 1. The zero-order chi connectivity index (χ0) is 15.3. The number of carbonyl (C=O) groups is 1. The van der Waals surface area contributed by atoms with E-state index in [-0.39, 0.29) is 5.97 Å². The lowest BCUT2D eigenvalue weighted by atomic mass is 9.94. The molecule has 0 amide bonds. The van der Waals surface area contributed by atoms with Gasteiger partial charge in [0.1, 0.15) is 11.3 Å². The summed E-state index contributed by atoms with van der Waals surface area (Å²) >= 11 is 0. The fraction of sp³-hybridized carbons (Fsp3) is 0.667. The summed E-state index contributed by atoms with van der Waals surface area (Å²) in [5.41, 5.74) is -0.286. The highest BCUT2D eigenvalue weighted by atomic mass is 16.5. The van der Waals surface area contributed by atoms with Crippen molar-refractivity contribution in [3.8, 4) is 0 Å². The predicted molar refractivity (Wildman–Crippen MR) is 76.0 cm³/mol. The highest BCUT2D eigenvalue weighted by Crippen LogP contribution is 2.22. The van der Waals surface area contributed by atoms with Gasteiger partial charge >= 0.3 is 5.97 Å². The molecule has 0 spiro atoms. The van der Waals surface area contributed by atoms with Crippen LogP contribution in [0.15, 0.2) is 16.7 Å². The number of hydrogen-bond acceptors (Lipinski definition) is 6. The van der Waals surface area contributed by atoms with E-state index in [1.54, 1.807) is 13.0 Å². The van der Waals surface area contributed by atoms with Crippen LogP contribution in [0.4, 0.5) is 0 Å². The van der Waals surface area contributed by atoms with Gasteiger partial charge < -0.3 is 19.0 Å². The molecule has 1 N–H and O–H groups in total. The number of nitrogens with zero attached hydrogens (tertiary/aromatic N) is 1. The van der Waals surface area contributed by atoms with Gasteiger partial charge in [0, 0.05) is 32.6 Å². The summed E-state index contributed by atoms with van der Waals surface area (Å²) in [6.07, 6.45) is 2.74. The molecule has 1 aromatic rings. The van der Waals surface area contributed by atoms with Crippen molar-refractivity contribution in [3.63, 3.8) is 0 Å². The van der Waals surface area contributed by atoms with E-state index in [1.165, 1.54) is 6.26 Å². The molecule has 0 aliphatic carbocycles. The van der Waals surface area contributed by atoms with E-state index in [0.29, 0.717) is 57.1 Å². The molecule has 0 atom stereocenters. The maximum atomic E-state index is 11.8. The lowest BCUT2D eigenvalue weighted by Crippen LogP contribution is -2.45. The van der Waals surface area contributed by atoms with Crippen LogP contribution in [-0.2, 0) is 16.0 Å². The molecule has 0 unspecified atom stereocenters. The number of rotatable bonds is 6. The van der Waals surface area contributed by atoms with Gasteiger partial charge in [-0.1, -0.05) is 0 Å². The largest absolute Gasteiger partial charge is 0.467 e. The third-order valence-electron chi connectivity index (χ3n) is 3.64. The van der Waals surface area contributed by atoms with E-state index >= 15 is 0 Å². The molecule has 2 heterocycles. The summed E-state index contributed by atoms with van der Waals surface area (Å²) in [6, 6.07) is 1.62. The molecule has 0 saturated carbocycles. The summed E-state index contributed by atoms with van der Waals surface area (Å²) < 4.78 is 15.6. The molecule has 1 aliphatic rings. The molecule has 1 saturated heterocycles. The van der Waals surface area contributed by atoms with Crippen molar-refractivity contribution in [1.29, 1.82) is 0 Å². The number of ether oxygens (including phenoxy) is 2. The molecule has 6 nitrogen and oxygen atoms in total. The van der Waals surface area contributed by atoms with Crippen molar-refractivity contribution in [2.75, 3.05) is 33.4 Å². The van der Waals surface area contributed by atoms with E-state index in [1.807, 2.05) is 11.9 Å². The standard InChI is InChI=1S/C15H23NO5/c1-3-20-14(17)12-4-7-21-13(12)10-16(2)11-15(18)5-8-19-9-6-15/h4,7,18H,3,5-6,8-11H2,1-2H3. The second-order valence-electron chi connectivity index (χ2n) is 5.49. The van der Waals surface area contributed by atoms with Crippen LogP contribution in [0.3, 0.4) is 0 Å². The van der Waals surface area contributed by atoms with Gasteiger partial charge in [-0.05, 0) is 20.0 Å². The second kappa shape index (κ2) is 7.06. The zero-order valence-electron chi connectivity index (χ0n) is 12.6. The van der Waals surface area contributed by atoms with Crippen molar-refractivity contribution < 1.29 is 23.8 Å². The first-order valence-corrected chi connectivity index (χ1v) is 7.26. The first kappa shape index (κ1) is 16.0. The maximum Gasteiger partial charge on any atom is 0.341 e. The Hall–Kier alpha value is -1.37. The predicted octanol–water partition coefficient (Wildman–Crippen LogP) is 1.43. The van der Waals surface area contributed by atoms with Crippen LogP contribution >= 0.6 is 0 Å². The summed E-state index contributed by atoms with van der Waals surface area (Å²) in [5, 5.41) is 10.5. The Labute approximate surface area is 124 Å². The van der Waals surface area contributed by atoms with Crippen LogP contribution in [0, 0.1) is 0 Å². The van der Waals surface area contributed by atoms with E-state index in [2.05, 4.69) is 0 Å². The van der Waals surface area contributed by atoms with Crippen LogP contribution < -0.4 is 0 Å². The Bertz CT molecular complexity index is 464. The molecule has 21 heavy (non-hydrogen) atoms. The minimum atomic E-state index is -0.732. The smallest absolute Gasteiger partial charge is 0.341 e. The van der Waals surface area contributed by atoms with Gasteiger partial charge in [0.2, 0.25) is 0 Å². The van der Waals surface area contributed by atoms with Crippen LogP contribution in [-0.4, -0.2) is 55.0 Å². The monoisotopic (exact) mass is 297 g/mol. The Morgan fingerprint density at radius 1 is 1.48 bits per heavy atom. The third-order valence-corrected chi connectivity index (χ3v) is 3.64. The highest BCUT2D eigenvalue weighted by molar-refractivity contribution is 5.90. The van der Waals surface area contributed by atoms with Crippen molar-refractivity contribution in [3.05, 3.63) is 23.7 Å². The number of esters is 1. The summed E-state index contributed by atoms with van der Waals surface area (Å²) in [6.45, 7) is 4.23. The van der Waals surface area contributed by atoms with Gasteiger partial charge in [0.25, 0.3) is 0 Å². The Kier molecular flexibility index (Phi) is 5.39. The van der Waals surface area contributed by atoms with E-state index in [0.717, 1.165) is 0 Å². The normalized spacial score (nSPS) is 17.9. The lowest BCUT2D eigenvalue weighted by Gasteiger charge is -2.35. The van der Waals surface area contributed by atoms with Crippen molar-refractivity contribution in [1.82, 2.24) is 4.90 Å². The average molecular weight is 297 g/mol. The Balaban J connectivity index is 1.95. The third kappa shape index (κ3) is 4.30. The van der Waals surface area contributed by atoms with Crippen LogP contribution in [0.25, 0.3) is 0 Å². The van der Waals surface area contributed by atoms with Gasteiger partial charge in [-0.2, -0.15) is 0 Å². The fourth-order valence-electron chi connectivity index (χ4n) is 2.57. The molecular weight excluding hydrogens is 274 g/mol. The summed E-state index contributed by atoms with van der Waals surface area (Å²) in [7, 11) is 1.89. The maximum absolute atomic E-state index is 11.8. The number of aliphatic hydroxyl groups is 1. The quantitative estimate of drug-likeness (QED) is 0.801. The van der Waals surface area contributed by atoms with Gasteiger partial charge in [0.05, 0.1) is 25.0 Å². The first-order chi connectivity index (χ1) is 10.0. The molecule has 1 aromatic heterocycles. The fourth-order valence-corrected chi connectivity index (χ4v) is 2.57. The molecule has 118 valence electrons. The molecule has 0 aromatic carbocycles. The SMILES string of the molecule is CCOC(=O)c1ccoc1CN(C)CC1(O)CCOCC1. The topological polar surface area (TPSA) is 72.1 Å². The summed E-state index contributed by atoms with van der Waals surface area (Å²) in [4.78, 5) is 13.7. The molecule has 0 bridgehead atoms. The number of carbonyl (C=O) groups excluding carboxylic acids is 1. The van der Waals surface area contributed by atoms with Crippen LogP contribution in [0.5, 0.6) is 0 Å². The van der Waals surface area contributed by atoms with Gasteiger partial charge in [-0.3, -0.25) is 4.90 Å².